The van der Waals surface area contributed by atoms with E-state index in [2.05, 4.69) is 9.97 Å². The molecule has 3 rings (SSSR count). The number of aromatic nitrogens is 2. The van der Waals surface area contributed by atoms with E-state index in [1.165, 1.54) is 17.3 Å². The minimum atomic E-state index is -0.191. The van der Waals surface area contributed by atoms with Gasteiger partial charge in [0.25, 0.3) is 5.91 Å². The molecule has 0 aliphatic carbocycles. The van der Waals surface area contributed by atoms with E-state index in [0.717, 1.165) is 25.9 Å². The fraction of sp³-hybridized carbons (Fsp3) is 0.357. The third-order valence-electron chi connectivity index (χ3n) is 3.61. The molecular formula is C14H15N3O2S. The third-order valence-corrected chi connectivity index (χ3v) is 4.55. The minimum absolute atomic E-state index is 0.0150. The summed E-state index contributed by atoms with van der Waals surface area (Å²) in [7, 11) is 0. The van der Waals surface area contributed by atoms with Crippen LogP contribution in [0.5, 0.6) is 0 Å². The molecule has 1 fully saturated rings. The molecule has 1 aliphatic rings. The number of pyridine rings is 1. The number of aromatic amines is 1. The average molecular weight is 289 g/mol. The summed E-state index contributed by atoms with van der Waals surface area (Å²) in [6, 6.07) is 2.96. The van der Waals surface area contributed by atoms with Gasteiger partial charge in [-0.05, 0) is 18.9 Å². The van der Waals surface area contributed by atoms with Crippen LogP contribution in [0.25, 0.3) is 0 Å². The van der Waals surface area contributed by atoms with Gasteiger partial charge in [0.2, 0.25) is 5.56 Å². The van der Waals surface area contributed by atoms with Crippen LogP contribution in [0, 0.1) is 0 Å². The first-order valence-electron chi connectivity index (χ1n) is 6.61. The van der Waals surface area contributed by atoms with E-state index in [-0.39, 0.29) is 11.5 Å². The lowest BCUT2D eigenvalue weighted by atomic mass is 9.97. The van der Waals surface area contributed by atoms with Crippen molar-refractivity contribution in [1.29, 1.82) is 0 Å². The van der Waals surface area contributed by atoms with Crippen LogP contribution in [0.3, 0.4) is 0 Å². The summed E-state index contributed by atoms with van der Waals surface area (Å²) >= 11 is 1.68. The maximum atomic E-state index is 12.3. The summed E-state index contributed by atoms with van der Waals surface area (Å²) in [5.41, 5.74) is 0.348. The van der Waals surface area contributed by atoms with Crippen molar-refractivity contribution in [2.45, 2.75) is 18.8 Å². The Labute approximate surface area is 120 Å². The predicted molar refractivity (Wildman–Crippen MR) is 77.1 cm³/mol. The van der Waals surface area contributed by atoms with Crippen molar-refractivity contribution >= 4 is 17.2 Å². The zero-order chi connectivity index (χ0) is 13.9. The monoisotopic (exact) mass is 289 g/mol. The van der Waals surface area contributed by atoms with Crippen molar-refractivity contribution in [3.63, 3.8) is 0 Å². The first-order valence-corrected chi connectivity index (χ1v) is 7.49. The van der Waals surface area contributed by atoms with Crippen molar-refractivity contribution in [2.24, 2.45) is 0 Å². The highest BCUT2D eigenvalue weighted by Crippen LogP contribution is 2.29. The molecule has 0 aromatic carbocycles. The van der Waals surface area contributed by atoms with Crippen LogP contribution in [0.15, 0.2) is 34.7 Å². The molecule has 0 saturated carbocycles. The number of likely N-dealkylation sites (tertiary alicyclic amines) is 1. The predicted octanol–water partition coefficient (Wildman–Crippen LogP) is 1.85. The van der Waals surface area contributed by atoms with Gasteiger partial charge < -0.3 is 9.88 Å². The number of thiazole rings is 1. The van der Waals surface area contributed by atoms with E-state index in [9.17, 15) is 9.59 Å². The van der Waals surface area contributed by atoms with Crippen LogP contribution in [0.4, 0.5) is 0 Å². The Morgan fingerprint density at radius 3 is 2.75 bits per heavy atom. The van der Waals surface area contributed by atoms with Crippen molar-refractivity contribution in [3.05, 3.63) is 50.8 Å². The standard InChI is InChI=1S/C14H15N3O2S/c18-12-2-1-11(9-16-12)14(19)17-6-3-10(4-7-17)13-15-5-8-20-13/h1-2,5,8-10H,3-4,6-7H2,(H,16,18). The number of nitrogens with one attached hydrogen (secondary N) is 1. The Bertz CT molecular complexity index is 622. The van der Waals surface area contributed by atoms with Gasteiger partial charge in [-0.15, -0.1) is 11.3 Å². The second-order valence-corrected chi connectivity index (χ2v) is 5.80. The van der Waals surface area contributed by atoms with E-state index in [0.29, 0.717) is 11.5 Å². The summed E-state index contributed by atoms with van der Waals surface area (Å²) in [6.45, 7) is 1.48. The topological polar surface area (TPSA) is 66.1 Å². The van der Waals surface area contributed by atoms with Crippen molar-refractivity contribution < 1.29 is 4.79 Å². The number of carbonyl (C=O) groups is 1. The van der Waals surface area contributed by atoms with Crippen molar-refractivity contribution in [3.8, 4) is 0 Å². The van der Waals surface area contributed by atoms with Gasteiger partial charge in [0.15, 0.2) is 0 Å². The van der Waals surface area contributed by atoms with Crippen molar-refractivity contribution in [2.75, 3.05) is 13.1 Å². The summed E-state index contributed by atoms with van der Waals surface area (Å²) < 4.78 is 0. The SMILES string of the molecule is O=C(c1ccc(=O)[nH]c1)N1CCC(c2nccs2)CC1. The van der Waals surface area contributed by atoms with Crippen LogP contribution in [0.2, 0.25) is 0 Å². The largest absolute Gasteiger partial charge is 0.339 e. The van der Waals surface area contributed by atoms with Gasteiger partial charge >= 0.3 is 0 Å². The molecule has 104 valence electrons. The van der Waals surface area contributed by atoms with Crippen LogP contribution in [-0.2, 0) is 0 Å². The Balaban J connectivity index is 1.64. The molecule has 1 aliphatic heterocycles. The first-order chi connectivity index (χ1) is 9.74. The number of hydrogen-bond donors (Lipinski definition) is 1. The molecule has 0 unspecified atom stereocenters. The van der Waals surface area contributed by atoms with Gasteiger partial charge in [-0.1, -0.05) is 0 Å². The lowest BCUT2D eigenvalue weighted by Crippen LogP contribution is -2.38. The molecule has 6 heteroatoms. The highest BCUT2D eigenvalue weighted by Gasteiger charge is 2.25. The molecule has 0 spiro atoms. The Morgan fingerprint density at radius 2 is 2.15 bits per heavy atom. The van der Waals surface area contributed by atoms with E-state index in [4.69, 9.17) is 0 Å². The second-order valence-electron chi connectivity index (χ2n) is 4.88. The lowest BCUT2D eigenvalue weighted by molar-refractivity contribution is 0.0712. The molecule has 1 amide bonds. The van der Waals surface area contributed by atoms with Gasteiger partial charge in [0.05, 0.1) is 10.6 Å². The smallest absolute Gasteiger partial charge is 0.255 e. The lowest BCUT2D eigenvalue weighted by Gasteiger charge is -2.31. The summed E-state index contributed by atoms with van der Waals surface area (Å²) in [4.78, 5) is 32.0. The number of amides is 1. The van der Waals surface area contributed by atoms with Gasteiger partial charge in [-0.25, -0.2) is 4.98 Å². The molecule has 2 aromatic rings. The molecule has 20 heavy (non-hydrogen) atoms. The van der Waals surface area contributed by atoms with Crippen LogP contribution < -0.4 is 5.56 Å². The molecule has 1 saturated heterocycles. The molecule has 0 radical (unpaired) electrons. The highest BCUT2D eigenvalue weighted by molar-refractivity contribution is 7.09. The maximum absolute atomic E-state index is 12.3. The van der Waals surface area contributed by atoms with E-state index >= 15 is 0 Å². The first kappa shape index (κ1) is 13.1. The molecule has 3 heterocycles. The molecule has 5 nitrogen and oxygen atoms in total. The molecular weight excluding hydrogens is 274 g/mol. The van der Waals surface area contributed by atoms with Crippen LogP contribution in [-0.4, -0.2) is 33.9 Å². The zero-order valence-electron chi connectivity index (χ0n) is 10.9. The average Bonchev–Trinajstić information content (AvgIpc) is 3.02. The number of nitrogens with zero attached hydrogens (tertiary/aromatic N) is 2. The fourth-order valence-corrected chi connectivity index (χ4v) is 3.30. The number of rotatable bonds is 2. The quantitative estimate of drug-likeness (QED) is 0.917. The molecule has 2 aromatic heterocycles. The van der Waals surface area contributed by atoms with Gasteiger partial charge in [0.1, 0.15) is 0 Å². The number of H-pyrrole nitrogens is 1. The van der Waals surface area contributed by atoms with Gasteiger partial charge in [-0.2, -0.15) is 0 Å². The van der Waals surface area contributed by atoms with Gasteiger partial charge in [-0.3, -0.25) is 9.59 Å². The minimum Gasteiger partial charge on any atom is -0.339 e. The van der Waals surface area contributed by atoms with Crippen molar-refractivity contribution in [1.82, 2.24) is 14.9 Å². The number of piperidine rings is 1. The molecule has 0 bridgehead atoms. The van der Waals surface area contributed by atoms with E-state index < -0.39 is 0 Å². The Morgan fingerprint density at radius 1 is 1.35 bits per heavy atom. The maximum Gasteiger partial charge on any atom is 0.255 e. The van der Waals surface area contributed by atoms with Crippen LogP contribution in [0.1, 0.15) is 34.1 Å². The fourth-order valence-electron chi connectivity index (χ4n) is 2.49. The van der Waals surface area contributed by atoms with Gasteiger partial charge in [0, 0.05) is 42.8 Å². The van der Waals surface area contributed by atoms with Crippen LogP contribution >= 0.6 is 11.3 Å². The van der Waals surface area contributed by atoms with E-state index in [1.807, 2.05) is 16.5 Å². The summed E-state index contributed by atoms with van der Waals surface area (Å²) in [5.74, 6) is 0.452. The number of carbonyl (C=O) groups excluding carboxylic acids is 1. The molecule has 0 atom stereocenters. The Kier molecular flexibility index (Phi) is 3.64. The zero-order valence-corrected chi connectivity index (χ0v) is 11.7. The second kappa shape index (κ2) is 5.58. The summed E-state index contributed by atoms with van der Waals surface area (Å²) in [6.07, 6.45) is 5.21. The highest BCUT2D eigenvalue weighted by atomic mass is 32.1. The summed E-state index contributed by atoms with van der Waals surface area (Å²) in [5, 5.41) is 3.16. The van der Waals surface area contributed by atoms with E-state index in [1.54, 1.807) is 17.4 Å². The number of hydrogen-bond acceptors (Lipinski definition) is 4. The molecule has 1 N–H and O–H groups in total. The Hall–Kier alpha value is -1.95. The normalized spacial score (nSPS) is 16.3. The third kappa shape index (κ3) is 2.65.